The van der Waals surface area contributed by atoms with Gasteiger partial charge in [0.2, 0.25) is 0 Å². The van der Waals surface area contributed by atoms with Crippen LogP contribution in [-0.2, 0) is 9.84 Å². The molecule has 0 N–H and O–H groups in total. The minimum Gasteiger partial charge on any atom is -0.292 e. The van der Waals surface area contributed by atoms with E-state index in [4.69, 9.17) is 0 Å². The van der Waals surface area contributed by atoms with Crippen LogP contribution in [0.15, 0.2) is 109 Å². The molecule has 0 amide bonds. The Hall–Kier alpha value is -3.83. The molecule has 176 valence electrons. The summed E-state index contributed by atoms with van der Waals surface area (Å²) in [7, 11) is -4.38. The Kier molecular flexibility index (Phi) is 7.08. The lowest BCUT2D eigenvalue weighted by Crippen LogP contribution is -2.31. The zero-order valence-corrected chi connectivity index (χ0v) is 20.4. The van der Waals surface area contributed by atoms with Crippen molar-refractivity contribution in [1.82, 2.24) is 0 Å². The topological polar surface area (TPSA) is 68.3 Å². The maximum absolute atomic E-state index is 14.4. The van der Waals surface area contributed by atoms with Gasteiger partial charge in [0.05, 0.1) is 0 Å². The summed E-state index contributed by atoms with van der Waals surface area (Å²) in [6.07, 6.45) is 0. The van der Waals surface area contributed by atoms with Crippen molar-refractivity contribution in [2.75, 3.05) is 0 Å². The van der Waals surface area contributed by atoms with E-state index in [0.29, 0.717) is 11.1 Å². The number of hydrogen-bond donors (Lipinski definition) is 0. The summed E-state index contributed by atoms with van der Waals surface area (Å²) in [6, 6.07) is 30.4. The van der Waals surface area contributed by atoms with Gasteiger partial charge in [0.15, 0.2) is 31.9 Å². The van der Waals surface area contributed by atoms with Gasteiger partial charge in [-0.2, -0.15) is 0 Å². The lowest BCUT2D eigenvalue weighted by molar-refractivity contribution is 0.0982. The standard InChI is InChI=1S/C30H26O4S/c1-21-13-17-23(18-14-21)27(31)29(25-9-5-3-6-10-25)35(33,34)30(26-11-7-4-8-12-26)28(32)24-19-15-22(2)16-20-24/h3-20,29-30H,1-2H3. The molecule has 0 spiro atoms. The van der Waals surface area contributed by atoms with Gasteiger partial charge in [0.25, 0.3) is 0 Å². The molecule has 2 atom stereocenters. The zero-order chi connectivity index (χ0) is 25.0. The van der Waals surface area contributed by atoms with Gasteiger partial charge in [-0.1, -0.05) is 120 Å². The number of sulfone groups is 1. The van der Waals surface area contributed by atoms with E-state index in [1.54, 1.807) is 109 Å². The molecule has 0 aliphatic heterocycles. The maximum atomic E-state index is 14.4. The summed E-state index contributed by atoms with van der Waals surface area (Å²) in [4.78, 5) is 27.5. The van der Waals surface area contributed by atoms with Crippen LogP contribution in [0.25, 0.3) is 0 Å². The first-order valence-corrected chi connectivity index (χ1v) is 12.9. The third-order valence-electron chi connectivity index (χ3n) is 6.01. The fraction of sp³-hybridized carbons (Fsp3) is 0.133. The average Bonchev–Trinajstić information content (AvgIpc) is 2.86. The fourth-order valence-electron chi connectivity index (χ4n) is 4.11. The Morgan fingerprint density at radius 2 is 0.829 bits per heavy atom. The molecule has 35 heavy (non-hydrogen) atoms. The highest BCUT2D eigenvalue weighted by Gasteiger charge is 2.44. The van der Waals surface area contributed by atoms with E-state index in [-0.39, 0.29) is 11.1 Å². The first-order valence-electron chi connectivity index (χ1n) is 11.3. The van der Waals surface area contributed by atoms with Crippen LogP contribution in [0.4, 0.5) is 0 Å². The second-order valence-electron chi connectivity index (χ2n) is 8.63. The molecule has 0 fully saturated rings. The van der Waals surface area contributed by atoms with Crippen LogP contribution >= 0.6 is 0 Å². The van der Waals surface area contributed by atoms with E-state index in [1.165, 1.54) is 0 Å². The zero-order valence-electron chi connectivity index (χ0n) is 19.6. The van der Waals surface area contributed by atoms with E-state index in [0.717, 1.165) is 11.1 Å². The van der Waals surface area contributed by atoms with E-state index < -0.39 is 31.9 Å². The monoisotopic (exact) mass is 482 g/mol. The normalized spacial score (nSPS) is 13.1. The maximum Gasteiger partial charge on any atom is 0.185 e. The third-order valence-corrected chi connectivity index (χ3v) is 8.30. The largest absolute Gasteiger partial charge is 0.292 e. The van der Waals surface area contributed by atoms with Crippen LogP contribution in [0.2, 0.25) is 0 Å². The molecule has 0 radical (unpaired) electrons. The van der Waals surface area contributed by atoms with Gasteiger partial charge >= 0.3 is 0 Å². The van der Waals surface area contributed by atoms with Crippen molar-refractivity contribution in [3.05, 3.63) is 143 Å². The van der Waals surface area contributed by atoms with Crippen molar-refractivity contribution < 1.29 is 18.0 Å². The highest BCUT2D eigenvalue weighted by Crippen LogP contribution is 2.38. The number of carbonyl (C=O) groups is 2. The van der Waals surface area contributed by atoms with Gasteiger partial charge in [-0.25, -0.2) is 8.42 Å². The summed E-state index contributed by atoms with van der Waals surface area (Å²) in [5.41, 5.74) is 3.13. The van der Waals surface area contributed by atoms with Crippen LogP contribution in [0, 0.1) is 13.8 Å². The molecule has 2 unspecified atom stereocenters. The minimum atomic E-state index is -4.38. The van der Waals surface area contributed by atoms with Crippen molar-refractivity contribution in [1.29, 1.82) is 0 Å². The van der Waals surface area contributed by atoms with Gasteiger partial charge in [0, 0.05) is 11.1 Å². The first kappa shape index (κ1) is 24.3. The summed E-state index contributed by atoms with van der Waals surface area (Å²) in [6.45, 7) is 3.79. The van der Waals surface area contributed by atoms with Gasteiger partial charge in [-0.15, -0.1) is 0 Å². The summed E-state index contributed by atoms with van der Waals surface area (Å²) < 4.78 is 28.7. The second-order valence-corrected chi connectivity index (χ2v) is 10.8. The molecule has 4 nitrogen and oxygen atoms in total. The Bertz CT molecular complexity index is 1320. The molecular weight excluding hydrogens is 456 g/mol. The quantitative estimate of drug-likeness (QED) is 0.278. The van der Waals surface area contributed by atoms with E-state index in [2.05, 4.69) is 0 Å². The summed E-state index contributed by atoms with van der Waals surface area (Å²) >= 11 is 0. The molecule has 0 aliphatic carbocycles. The lowest BCUT2D eigenvalue weighted by atomic mass is 10.0. The number of Topliss-reactive ketones (excluding diaryl/α,β-unsaturated/α-hetero) is 2. The molecule has 0 saturated heterocycles. The highest BCUT2D eigenvalue weighted by atomic mass is 32.2. The summed E-state index contributed by atoms with van der Waals surface area (Å²) in [5, 5.41) is -3.07. The fourth-order valence-corrected chi connectivity index (χ4v) is 6.32. The molecule has 0 bridgehead atoms. The summed E-state index contributed by atoms with van der Waals surface area (Å²) in [5.74, 6) is -1.12. The molecule has 4 rings (SSSR count). The number of hydrogen-bond acceptors (Lipinski definition) is 4. The van der Waals surface area contributed by atoms with Crippen LogP contribution in [0.3, 0.4) is 0 Å². The van der Waals surface area contributed by atoms with Crippen molar-refractivity contribution in [3.8, 4) is 0 Å². The number of aryl methyl sites for hydroxylation is 2. The predicted molar refractivity (Wildman–Crippen MR) is 138 cm³/mol. The lowest BCUT2D eigenvalue weighted by Gasteiger charge is -2.24. The Morgan fingerprint density at radius 3 is 1.14 bits per heavy atom. The first-order chi connectivity index (χ1) is 16.8. The van der Waals surface area contributed by atoms with Crippen molar-refractivity contribution in [2.45, 2.75) is 24.3 Å². The molecule has 0 aromatic heterocycles. The number of carbonyl (C=O) groups excluding carboxylic acids is 2. The van der Waals surface area contributed by atoms with Crippen LogP contribution in [0.1, 0.15) is 53.5 Å². The molecule has 4 aromatic rings. The van der Waals surface area contributed by atoms with Gasteiger partial charge in [-0.3, -0.25) is 9.59 Å². The number of ketones is 2. The number of rotatable bonds is 8. The highest BCUT2D eigenvalue weighted by molar-refractivity contribution is 7.93. The molecule has 5 heteroatoms. The SMILES string of the molecule is Cc1ccc(C(=O)C(c2ccccc2)S(=O)(=O)C(C(=O)c2ccc(C)cc2)c2ccccc2)cc1. The molecule has 0 aliphatic rings. The van der Waals surface area contributed by atoms with E-state index in [9.17, 15) is 18.0 Å². The van der Waals surface area contributed by atoms with Crippen LogP contribution < -0.4 is 0 Å². The Morgan fingerprint density at radius 1 is 0.514 bits per heavy atom. The number of benzene rings is 4. The van der Waals surface area contributed by atoms with Crippen LogP contribution in [-0.4, -0.2) is 20.0 Å². The van der Waals surface area contributed by atoms with Crippen LogP contribution in [0.5, 0.6) is 0 Å². The predicted octanol–water partition coefficient (Wildman–Crippen LogP) is 6.27. The van der Waals surface area contributed by atoms with E-state index >= 15 is 0 Å². The minimum absolute atomic E-state index is 0.280. The molecular formula is C30H26O4S. The van der Waals surface area contributed by atoms with Crippen molar-refractivity contribution in [2.24, 2.45) is 0 Å². The van der Waals surface area contributed by atoms with Gasteiger partial charge in [0.1, 0.15) is 0 Å². The Labute approximate surface area is 206 Å². The van der Waals surface area contributed by atoms with Gasteiger partial charge in [-0.05, 0) is 25.0 Å². The third kappa shape index (κ3) is 5.15. The van der Waals surface area contributed by atoms with Crippen molar-refractivity contribution in [3.63, 3.8) is 0 Å². The smallest absolute Gasteiger partial charge is 0.185 e. The molecule has 0 heterocycles. The second kappa shape index (κ2) is 10.2. The average molecular weight is 483 g/mol. The molecule has 4 aromatic carbocycles. The molecule has 0 saturated carbocycles. The Balaban J connectivity index is 1.90. The van der Waals surface area contributed by atoms with Gasteiger partial charge < -0.3 is 0 Å². The van der Waals surface area contributed by atoms with Crippen molar-refractivity contribution >= 4 is 21.4 Å². The van der Waals surface area contributed by atoms with E-state index in [1.807, 2.05) is 13.8 Å².